The Morgan fingerprint density at radius 3 is 2.68 bits per heavy atom. The number of hydrogen-bond acceptors (Lipinski definition) is 4. The van der Waals surface area contributed by atoms with Gasteiger partial charge in [0.25, 0.3) is 5.69 Å². The van der Waals surface area contributed by atoms with E-state index in [1.54, 1.807) is 19.2 Å². The van der Waals surface area contributed by atoms with Crippen LogP contribution >= 0.6 is 12.4 Å². The lowest BCUT2D eigenvalue weighted by Gasteiger charge is -2.17. The third-order valence-corrected chi connectivity index (χ3v) is 2.56. The van der Waals surface area contributed by atoms with Gasteiger partial charge in [0.15, 0.2) is 0 Å². The maximum atomic E-state index is 11.5. The Balaban J connectivity index is 0.00000324. The minimum absolute atomic E-state index is 0. The number of benzene rings is 1. The number of rotatable bonds is 6. The summed E-state index contributed by atoms with van der Waals surface area (Å²) in [5, 5.41) is 16.3. The van der Waals surface area contributed by atoms with Crippen LogP contribution in [0.2, 0.25) is 0 Å². The highest BCUT2D eigenvalue weighted by molar-refractivity contribution is 5.85. The number of hydrogen-bond donors (Lipinski definition) is 2. The fourth-order valence-electron chi connectivity index (χ4n) is 1.68. The highest BCUT2D eigenvalue weighted by atomic mass is 35.5. The van der Waals surface area contributed by atoms with Crippen LogP contribution in [0.4, 0.5) is 5.69 Å². The Morgan fingerprint density at radius 1 is 1.47 bits per heavy atom. The first-order valence-corrected chi connectivity index (χ1v) is 5.76. The zero-order valence-electron chi connectivity index (χ0n) is 10.9. The fraction of sp³-hybridized carbons (Fsp3) is 0.417. The number of carbonyl (C=O) groups excluding carboxylic acids is 1. The highest BCUT2D eigenvalue weighted by Gasteiger charge is 2.15. The van der Waals surface area contributed by atoms with E-state index in [9.17, 15) is 14.9 Å². The molecule has 0 fully saturated rings. The largest absolute Gasteiger partial charge is 0.348 e. The van der Waals surface area contributed by atoms with E-state index in [0.717, 1.165) is 5.56 Å². The molecule has 19 heavy (non-hydrogen) atoms. The Kier molecular flexibility index (Phi) is 7.71. The lowest BCUT2D eigenvalue weighted by Crippen LogP contribution is -2.34. The number of nitro groups is 1. The molecule has 0 radical (unpaired) electrons. The SMILES string of the molecule is CCC(NC(=O)CNC)c1cccc([N+](=O)[O-])c1.Cl. The van der Waals surface area contributed by atoms with E-state index < -0.39 is 4.92 Å². The molecule has 0 aliphatic heterocycles. The molecule has 106 valence electrons. The molecule has 0 aromatic heterocycles. The van der Waals surface area contributed by atoms with E-state index >= 15 is 0 Å². The monoisotopic (exact) mass is 287 g/mol. The lowest BCUT2D eigenvalue weighted by atomic mass is 10.0. The summed E-state index contributed by atoms with van der Waals surface area (Å²) in [6.45, 7) is 2.15. The van der Waals surface area contributed by atoms with E-state index in [4.69, 9.17) is 0 Å². The number of likely N-dealkylation sites (N-methyl/N-ethyl adjacent to an activating group) is 1. The molecule has 0 bridgehead atoms. The van der Waals surface area contributed by atoms with Crippen molar-refractivity contribution in [2.24, 2.45) is 0 Å². The van der Waals surface area contributed by atoms with Crippen LogP contribution < -0.4 is 10.6 Å². The van der Waals surface area contributed by atoms with Crippen LogP contribution in [-0.4, -0.2) is 24.4 Å². The third kappa shape index (κ3) is 5.23. The van der Waals surface area contributed by atoms with Gasteiger partial charge >= 0.3 is 0 Å². The number of halogens is 1. The quantitative estimate of drug-likeness (QED) is 0.617. The van der Waals surface area contributed by atoms with Gasteiger partial charge in [0.2, 0.25) is 5.91 Å². The van der Waals surface area contributed by atoms with E-state index in [2.05, 4.69) is 10.6 Å². The van der Waals surface area contributed by atoms with Crippen LogP contribution in [0.3, 0.4) is 0 Å². The number of non-ortho nitro benzene ring substituents is 1. The molecular formula is C12H18ClN3O3. The van der Waals surface area contributed by atoms with E-state index in [1.165, 1.54) is 12.1 Å². The Hall–Kier alpha value is -1.66. The standard InChI is InChI=1S/C12H17N3O3.ClH/c1-3-11(14-12(16)8-13-2)9-5-4-6-10(7-9)15(17)18;/h4-7,11,13H,3,8H2,1-2H3,(H,14,16);1H. The Bertz CT molecular complexity index is 440. The molecule has 1 atom stereocenters. The summed E-state index contributed by atoms with van der Waals surface area (Å²) in [7, 11) is 1.69. The van der Waals surface area contributed by atoms with Gasteiger partial charge in [-0.2, -0.15) is 0 Å². The van der Waals surface area contributed by atoms with Crippen molar-refractivity contribution in [3.8, 4) is 0 Å². The average molecular weight is 288 g/mol. The predicted molar refractivity (Wildman–Crippen MR) is 75.4 cm³/mol. The maximum Gasteiger partial charge on any atom is 0.269 e. The van der Waals surface area contributed by atoms with E-state index in [-0.39, 0.29) is 36.6 Å². The van der Waals surface area contributed by atoms with Crippen LogP contribution in [0.1, 0.15) is 24.9 Å². The second kappa shape index (κ2) is 8.44. The summed E-state index contributed by atoms with van der Waals surface area (Å²) < 4.78 is 0. The van der Waals surface area contributed by atoms with Crippen molar-refractivity contribution in [2.75, 3.05) is 13.6 Å². The Morgan fingerprint density at radius 2 is 2.16 bits per heavy atom. The van der Waals surface area contributed by atoms with E-state index in [0.29, 0.717) is 6.42 Å². The molecule has 2 N–H and O–H groups in total. The van der Waals surface area contributed by atoms with Gasteiger partial charge in [0.1, 0.15) is 0 Å². The van der Waals surface area contributed by atoms with Crippen molar-refractivity contribution in [1.82, 2.24) is 10.6 Å². The smallest absolute Gasteiger partial charge is 0.269 e. The first-order chi connectivity index (χ1) is 8.58. The van der Waals surface area contributed by atoms with Crippen molar-refractivity contribution in [1.29, 1.82) is 0 Å². The zero-order chi connectivity index (χ0) is 13.5. The Labute approximate surface area is 118 Å². The summed E-state index contributed by atoms with van der Waals surface area (Å²) in [5.41, 5.74) is 0.782. The second-order valence-corrected chi connectivity index (χ2v) is 3.91. The highest BCUT2D eigenvalue weighted by Crippen LogP contribution is 2.21. The normalized spacial score (nSPS) is 11.3. The summed E-state index contributed by atoms with van der Waals surface area (Å²) in [5.74, 6) is -0.129. The molecule has 0 saturated carbocycles. The molecule has 1 unspecified atom stereocenters. The average Bonchev–Trinajstić information content (AvgIpc) is 2.36. The molecule has 7 heteroatoms. The summed E-state index contributed by atoms with van der Waals surface area (Å²) in [6, 6.07) is 6.13. The maximum absolute atomic E-state index is 11.5. The van der Waals surface area contributed by atoms with Crippen LogP contribution in [0.5, 0.6) is 0 Å². The summed E-state index contributed by atoms with van der Waals surface area (Å²) in [6.07, 6.45) is 0.677. The van der Waals surface area contributed by atoms with Gasteiger partial charge in [0.05, 0.1) is 17.5 Å². The topological polar surface area (TPSA) is 84.3 Å². The molecule has 0 saturated heterocycles. The van der Waals surface area contributed by atoms with Gasteiger partial charge in [-0.05, 0) is 19.0 Å². The molecule has 0 heterocycles. The first-order valence-electron chi connectivity index (χ1n) is 5.76. The number of nitrogens with one attached hydrogen (secondary N) is 2. The van der Waals surface area contributed by atoms with Crippen molar-refractivity contribution >= 4 is 24.0 Å². The fourth-order valence-corrected chi connectivity index (χ4v) is 1.68. The van der Waals surface area contributed by atoms with Crippen LogP contribution in [0.25, 0.3) is 0 Å². The molecule has 1 aromatic carbocycles. The van der Waals surface area contributed by atoms with Crippen molar-refractivity contribution in [3.63, 3.8) is 0 Å². The van der Waals surface area contributed by atoms with Crippen molar-refractivity contribution in [3.05, 3.63) is 39.9 Å². The van der Waals surface area contributed by atoms with Gasteiger partial charge < -0.3 is 10.6 Å². The summed E-state index contributed by atoms with van der Waals surface area (Å²) in [4.78, 5) is 21.8. The van der Waals surface area contributed by atoms with Crippen LogP contribution in [-0.2, 0) is 4.79 Å². The molecule has 1 rings (SSSR count). The van der Waals surface area contributed by atoms with Gasteiger partial charge in [-0.15, -0.1) is 12.4 Å². The first kappa shape index (κ1) is 17.3. The van der Waals surface area contributed by atoms with Crippen molar-refractivity contribution in [2.45, 2.75) is 19.4 Å². The molecule has 1 aromatic rings. The second-order valence-electron chi connectivity index (χ2n) is 3.91. The molecule has 0 spiro atoms. The minimum atomic E-state index is -0.439. The molecule has 0 aliphatic rings. The minimum Gasteiger partial charge on any atom is -0.348 e. The number of amides is 1. The number of nitrogens with zero attached hydrogens (tertiary/aromatic N) is 1. The van der Waals surface area contributed by atoms with Gasteiger partial charge in [-0.1, -0.05) is 19.1 Å². The zero-order valence-corrected chi connectivity index (χ0v) is 11.7. The van der Waals surface area contributed by atoms with E-state index in [1.807, 2.05) is 6.92 Å². The third-order valence-electron chi connectivity index (χ3n) is 2.56. The number of nitro benzene ring substituents is 1. The molecule has 6 nitrogen and oxygen atoms in total. The molecular weight excluding hydrogens is 270 g/mol. The van der Waals surface area contributed by atoms with Gasteiger partial charge in [-0.25, -0.2) is 0 Å². The molecule has 0 aliphatic carbocycles. The lowest BCUT2D eigenvalue weighted by molar-refractivity contribution is -0.384. The predicted octanol–water partition coefficient (Wildman–Crippen LogP) is 1.80. The van der Waals surface area contributed by atoms with Gasteiger partial charge in [-0.3, -0.25) is 14.9 Å². The number of carbonyl (C=O) groups is 1. The summed E-state index contributed by atoms with van der Waals surface area (Å²) >= 11 is 0. The van der Waals surface area contributed by atoms with Crippen LogP contribution in [0, 0.1) is 10.1 Å². The van der Waals surface area contributed by atoms with Crippen molar-refractivity contribution < 1.29 is 9.72 Å². The molecule has 1 amide bonds. The van der Waals surface area contributed by atoms with Gasteiger partial charge in [0, 0.05) is 12.1 Å². The van der Waals surface area contributed by atoms with Crippen LogP contribution in [0.15, 0.2) is 24.3 Å².